The van der Waals surface area contributed by atoms with E-state index in [1.54, 1.807) is 6.92 Å². The highest BCUT2D eigenvalue weighted by Crippen LogP contribution is 2.44. The quantitative estimate of drug-likeness (QED) is 0.728. The number of carbonyl (C=O) groups excluding carboxylic acids is 1. The maximum absolute atomic E-state index is 13.2. The predicted octanol–water partition coefficient (Wildman–Crippen LogP) is 3.75. The molecule has 0 aromatic heterocycles. The molecule has 1 nitrogen and oxygen atoms in total. The molecule has 1 aliphatic rings. The van der Waals surface area contributed by atoms with E-state index in [-0.39, 0.29) is 17.1 Å². The minimum Gasteiger partial charge on any atom is -0.299 e. The maximum Gasteiger partial charge on any atom is 0.159 e. The summed E-state index contributed by atoms with van der Waals surface area (Å²) in [6.07, 6.45) is 1.14. The lowest BCUT2D eigenvalue weighted by Gasteiger charge is -2.17. The van der Waals surface area contributed by atoms with E-state index in [0.29, 0.717) is 12.8 Å². The number of halogens is 2. The minimum absolute atomic E-state index is 0.0209. The predicted molar refractivity (Wildman–Crippen MR) is 61.9 cm³/mol. The van der Waals surface area contributed by atoms with Gasteiger partial charge >= 0.3 is 0 Å². The van der Waals surface area contributed by atoms with Crippen LogP contribution in [0.15, 0.2) is 12.1 Å². The molecule has 0 radical (unpaired) electrons. The fourth-order valence-electron chi connectivity index (χ4n) is 2.62. The van der Waals surface area contributed by atoms with Crippen molar-refractivity contribution in [1.82, 2.24) is 0 Å². The molecule has 1 aromatic rings. The topological polar surface area (TPSA) is 17.1 Å². The van der Waals surface area contributed by atoms with Crippen molar-refractivity contribution in [3.05, 3.63) is 34.9 Å². The molecule has 1 atom stereocenters. The van der Waals surface area contributed by atoms with Crippen molar-refractivity contribution in [2.75, 3.05) is 0 Å². The molecule has 17 heavy (non-hydrogen) atoms. The minimum atomic E-state index is -0.831. The molecule has 1 saturated carbocycles. The first-order valence-electron chi connectivity index (χ1n) is 5.80. The number of carbonyl (C=O) groups is 1. The highest BCUT2D eigenvalue weighted by Gasteiger charge is 2.40. The summed E-state index contributed by atoms with van der Waals surface area (Å²) in [7, 11) is 0. The molecule has 0 heterocycles. The van der Waals surface area contributed by atoms with E-state index in [2.05, 4.69) is 0 Å². The Morgan fingerprint density at radius 2 is 1.82 bits per heavy atom. The smallest absolute Gasteiger partial charge is 0.159 e. The van der Waals surface area contributed by atoms with Gasteiger partial charge in [0.15, 0.2) is 11.6 Å². The van der Waals surface area contributed by atoms with E-state index in [9.17, 15) is 13.6 Å². The van der Waals surface area contributed by atoms with Gasteiger partial charge in [-0.1, -0.05) is 13.8 Å². The van der Waals surface area contributed by atoms with Crippen LogP contribution in [0.4, 0.5) is 8.78 Å². The van der Waals surface area contributed by atoms with Crippen LogP contribution in [0, 0.1) is 24.0 Å². The third-order valence-electron chi connectivity index (χ3n) is 3.69. The van der Waals surface area contributed by atoms with Crippen LogP contribution in [0.3, 0.4) is 0 Å². The molecular formula is C14H16F2O. The fraction of sp³-hybridized carbons (Fsp3) is 0.500. The normalized spacial score (nSPS) is 23.1. The van der Waals surface area contributed by atoms with E-state index < -0.39 is 11.6 Å². The number of benzene rings is 1. The summed E-state index contributed by atoms with van der Waals surface area (Å²) in [5, 5.41) is 0. The Labute approximate surface area is 99.8 Å². The number of Topliss-reactive ketones (excluding diaryl/α,β-unsaturated/α-hetero) is 1. The van der Waals surface area contributed by atoms with Crippen molar-refractivity contribution in [3.8, 4) is 0 Å². The van der Waals surface area contributed by atoms with Gasteiger partial charge in [-0.25, -0.2) is 8.78 Å². The van der Waals surface area contributed by atoms with Gasteiger partial charge in [0.2, 0.25) is 0 Å². The van der Waals surface area contributed by atoms with Crippen molar-refractivity contribution in [1.29, 1.82) is 0 Å². The van der Waals surface area contributed by atoms with Gasteiger partial charge in [0.1, 0.15) is 5.78 Å². The maximum atomic E-state index is 13.2. The standard InChI is InChI=1S/C14H16F2O/c1-8-4-11(15)12(16)6-10(8)9-5-13(17)14(2,3)7-9/h4,6,9H,5,7H2,1-3H3/t9-/m0/s1. The first-order chi connectivity index (χ1) is 7.81. The van der Waals surface area contributed by atoms with Crippen LogP contribution >= 0.6 is 0 Å². The number of ketones is 1. The number of rotatable bonds is 1. The van der Waals surface area contributed by atoms with E-state index in [0.717, 1.165) is 11.1 Å². The third kappa shape index (κ3) is 2.11. The third-order valence-corrected chi connectivity index (χ3v) is 3.69. The van der Waals surface area contributed by atoms with Gasteiger partial charge in [0.25, 0.3) is 0 Å². The molecule has 0 saturated heterocycles. The average Bonchev–Trinajstić information content (AvgIpc) is 2.47. The van der Waals surface area contributed by atoms with Crippen LogP contribution in [0.2, 0.25) is 0 Å². The van der Waals surface area contributed by atoms with Gasteiger partial charge in [-0.05, 0) is 42.5 Å². The summed E-state index contributed by atoms with van der Waals surface area (Å²) < 4.78 is 26.3. The zero-order valence-corrected chi connectivity index (χ0v) is 10.3. The first kappa shape index (κ1) is 12.2. The summed E-state index contributed by atoms with van der Waals surface area (Å²) in [5.41, 5.74) is 1.14. The number of hydrogen-bond donors (Lipinski definition) is 0. The Balaban J connectivity index is 2.37. The fourth-order valence-corrected chi connectivity index (χ4v) is 2.62. The zero-order chi connectivity index (χ0) is 12.8. The Bertz CT molecular complexity index is 477. The van der Waals surface area contributed by atoms with Crippen LogP contribution in [0.25, 0.3) is 0 Å². The SMILES string of the molecule is Cc1cc(F)c(F)cc1[C@H]1CC(=O)C(C)(C)C1. The summed E-state index contributed by atoms with van der Waals surface area (Å²) in [5.74, 6) is -1.43. The Morgan fingerprint density at radius 1 is 1.24 bits per heavy atom. The second kappa shape index (κ2) is 3.90. The van der Waals surface area contributed by atoms with Gasteiger partial charge in [-0.2, -0.15) is 0 Å². The highest BCUT2D eigenvalue weighted by atomic mass is 19.2. The van der Waals surface area contributed by atoms with E-state index in [4.69, 9.17) is 0 Å². The number of aryl methyl sites for hydroxylation is 1. The zero-order valence-electron chi connectivity index (χ0n) is 10.3. The van der Waals surface area contributed by atoms with E-state index >= 15 is 0 Å². The largest absolute Gasteiger partial charge is 0.299 e. The van der Waals surface area contributed by atoms with Gasteiger partial charge < -0.3 is 0 Å². The van der Waals surface area contributed by atoms with E-state index in [1.165, 1.54) is 12.1 Å². The second-order valence-electron chi connectivity index (χ2n) is 5.54. The molecule has 3 heteroatoms. The molecule has 0 amide bonds. The van der Waals surface area contributed by atoms with Crippen LogP contribution in [0.5, 0.6) is 0 Å². The van der Waals surface area contributed by atoms with Crippen LogP contribution < -0.4 is 0 Å². The van der Waals surface area contributed by atoms with Crippen LogP contribution in [0.1, 0.15) is 43.7 Å². The molecule has 0 unspecified atom stereocenters. The summed E-state index contributed by atoms with van der Waals surface area (Å²) in [4.78, 5) is 11.8. The van der Waals surface area contributed by atoms with Crippen molar-refractivity contribution < 1.29 is 13.6 Å². The molecule has 0 bridgehead atoms. The molecular weight excluding hydrogens is 222 g/mol. The Kier molecular flexibility index (Phi) is 2.80. The molecule has 1 fully saturated rings. The van der Waals surface area contributed by atoms with Crippen molar-refractivity contribution in [2.24, 2.45) is 5.41 Å². The average molecular weight is 238 g/mol. The number of hydrogen-bond acceptors (Lipinski definition) is 1. The van der Waals surface area contributed by atoms with Crippen molar-refractivity contribution >= 4 is 5.78 Å². The summed E-state index contributed by atoms with van der Waals surface area (Å²) in [6.45, 7) is 5.57. The first-order valence-corrected chi connectivity index (χ1v) is 5.80. The molecule has 2 rings (SSSR count). The van der Waals surface area contributed by atoms with Crippen LogP contribution in [-0.4, -0.2) is 5.78 Å². The molecule has 0 aliphatic heterocycles. The lowest BCUT2D eigenvalue weighted by molar-refractivity contribution is -0.124. The van der Waals surface area contributed by atoms with Crippen LogP contribution in [-0.2, 0) is 4.79 Å². The van der Waals surface area contributed by atoms with Crippen molar-refractivity contribution in [3.63, 3.8) is 0 Å². The van der Waals surface area contributed by atoms with Gasteiger partial charge in [-0.3, -0.25) is 4.79 Å². The lowest BCUT2D eigenvalue weighted by Crippen LogP contribution is -2.15. The molecule has 1 aromatic carbocycles. The molecule has 0 N–H and O–H groups in total. The van der Waals surface area contributed by atoms with Crippen molar-refractivity contribution in [2.45, 2.75) is 39.5 Å². The Hall–Kier alpha value is -1.25. The highest BCUT2D eigenvalue weighted by molar-refractivity contribution is 5.87. The van der Waals surface area contributed by atoms with Gasteiger partial charge in [0, 0.05) is 11.8 Å². The second-order valence-corrected chi connectivity index (χ2v) is 5.54. The summed E-state index contributed by atoms with van der Waals surface area (Å²) >= 11 is 0. The van der Waals surface area contributed by atoms with Gasteiger partial charge in [-0.15, -0.1) is 0 Å². The molecule has 1 aliphatic carbocycles. The monoisotopic (exact) mass is 238 g/mol. The lowest BCUT2D eigenvalue weighted by atomic mass is 9.87. The van der Waals surface area contributed by atoms with E-state index in [1.807, 2.05) is 13.8 Å². The molecule has 0 spiro atoms. The molecule has 92 valence electrons. The Morgan fingerprint density at radius 3 is 2.35 bits per heavy atom. The summed E-state index contributed by atoms with van der Waals surface area (Å²) in [6, 6.07) is 2.45. The van der Waals surface area contributed by atoms with Gasteiger partial charge in [0.05, 0.1) is 0 Å².